The predicted octanol–water partition coefficient (Wildman–Crippen LogP) is 3.56. The van der Waals surface area contributed by atoms with E-state index in [2.05, 4.69) is 18.5 Å². The van der Waals surface area contributed by atoms with E-state index >= 15 is 0 Å². The zero-order chi connectivity index (χ0) is 15.2. The van der Waals surface area contributed by atoms with Gasteiger partial charge in [-0.3, -0.25) is 4.72 Å². The molecule has 110 valence electrons. The summed E-state index contributed by atoms with van der Waals surface area (Å²) in [5, 5.41) is 0.243. The molecule has 0 spiro atoms. The Labute approximate surface area is 138 Å². The van der Waals surface area contributed by atoms with Crippen LogP contribution in [0.5, 0.6) is 0 Å². The van der Waals surface area contributed by atoms with Crippen molar-refractivity contribution in [3.8, 4) is 0 Å². The first kappa shape index (κ1) is 14.9. The highest BCUT2D eigenvalue weighted by molar-refractivity contribution is 7.94. The lowest BCUT2D eigenvalue weighted by molar-refractivity contribution is 0.602. The zero-order valence-electron chi connectivity index (χ0n) is 10.3. The van der Waals surface area contributed by atoms with Crippen LogP contribution in [-0.4, -0.2) is 22.1 Å². The van der Waals surface area contributed by atoms with E-state index < -0.39 is 10.0 Å². The van der Waals surface area contributed by atoms with Crippen LogP contribution < -0.4 is 4.72 Å². The number of aromatic nitrogens is 3. The van der Waals surface area contributed by atoms with Crippen LogP contribution >= 0.6 is 46.3 Å². The number of nitrogens with one attached hydrogen (secondary N) is 1. The van der Waals surface area contributed by atoms with E-state index in [1.807, 2.05) is 0 Å². The van der Waals surface area contributed by atoms with Gasteiger partial charge in [0.1, 0.15) is 11.0 Å². The van der Waals surface area contributed by atoms with Gasteiger partial charge in [0.25, 0.3) is 10.0 Å². The summed E-state index contributed by atoms with van der Waals surface area (Å²) < 4.78 is 35.7. The molecule has 0 atom stereocenters. The van der Waals surface area contributed by atoms with Gasteiger partial charge in [0.2, 0.25) is 0 Å². The molecular weight excluding hydrogens is 375 g/mol. The van der Waals surface area contributed by atoms with Crippen molar-refractivity contribution in [3.05, 3.63) is 27.3 Å². The van der Waals surface area contributed by atoms with Gasteiger partial charge in [0.05, 0.1) is 28.1 Å². The Morgan fingerprint density at radius 1 is 1.24 bits per heavy atom. The summed E-state index contributed by atoms with van der Waals surface area (Å²) in [5.74, 6) is 0. The average Bonchev–Trinajstić information content (AvgIpc) is 2.99. The molecule has 3 aromatic rings. The zero-order valence-corrected chi connectivity index (χ0v) is 14.3. The lowest BCUT2D eigenvalue weighted by atomic mass is 10.3. The van der Waals surface area contributed by atoms with Gasteiger partial charge in [-0.05, 0) is 19.1 Å². The molecular formula is C10H6Cl2N4O2S3. The monoisotopic (exact) mass is 380 g/mol. The molecule has 0 aliphatic rings. The van der Waals surface area contributed by atoms with Gasteiger partial charge < -0.3 is 0 Å². The lowest BCUT2D eigenvalue weighted by Crippen LogP contribution is -2.13. The second kappa shape index (κ2) is 5.33. The van der Waals surface area contributed by atoms with Crippen molar-refractivity contribution in [2.75, 3.05) is 4.72 Å². The van der Waals surface area contributed by atoms with E-state index in [1.165, 1.54) is 0 Å². The molecule has 0 aliphatic heterocycles. The molecule has 0 amide bonds. The fraction of sp³-hybridized carbons (Fsp3) is 0.100. The summed E-state index contributed by atoms with van der Waals surface area (Å²) in [5.41, 5.74) is 1.51. The molecule has 2 aromatic heterocycles. The quantitative estimate of drug-likeness (QED) is 0.750. The van der Waals surface area contributed by atoms with Gasteiger partial charge in [-0.1, -0.05) is 34.5 Å². The van der Waals surface area contributed by atoms with Crippen molar-refractivity contribution < 1.29 is 8.42 Å². The van der Waals surface area contributed by atoms with Crippen LogP contribution in [0.1, 0.15) is 5.69 Å². The SMILES string of the molecule is Cc1nc(Cl)sc1S(=O)(=O)Nc1c(Cl)ccc2nsnc12. The highest BCUT2D eigenvalue weighted by Crippen LogP contribution is 2.34. The Hall–Kier alpha value is -1.00. The minimum atomic E-state index is -3.84. The minimum absolute atomic E-state index is 0.0451. The number of benzene rings is 1. The van der Waals surface area contributed by atoms with Crippen LogP contribution in [0.3, 0.4) is 0 Å². The first-order valence-corrected chi connectivity index (χ1v) is 9.23. The molecule has 0 radical (unpaired) electrons. The molecule has 6 nitrogen and oxygen atoms in total. The van der Waals surface area contributed by atoms with E-state index in [-0.39, 0.29) is 19.4 Å². The fourth-order valence-electron chi connectivity index (χ4n) is 1.70. The van der Waals surface area contributed by atoms with Crippen LogP contribution in [0.25, 0.3) is 11.0 Å². The molecule has 0 saturated carbocycles. The number of sulfonamides is 1. The van der Waals surface area contributed by atoms with Crippen molar-refractivity contribution in [2.45, 2.75) is 11.1 Å². The number of halogens is 2. The molecule has 11 heteroatoms. The van der Waals surface area contributed by atoms with E-state index in [1.54, 1.807) is 19.1 Å². The van der Waals surface area contributed by atoms with Gasteiger partial charge >= 0.3 is 0 Å². The Morgan fingerprint density at radius 2 is 2.00 bits per heavy atom. The first-order valence-electron chi connectivity index (χ1n) is 5.45. The molecule has 3 rings (SSSR count). The largest absolute Gasteiger partial charge is 0.275 e. The molecule has 0 saturated heterocycles. The number of anilines is 1. The van der Waals surface area contributed by atoms with E-state index in [0.717, 1.165) is 23.1 Å². The highest BCUT2D eigenvalue weighted by Gasteiger charge is 2.24. The third-order valence-electron chi connectivity index (χ3n) is 2.59. The van der Waals surface area contributed by atoms with E-state index in [0.29, 0.717) is 16.7 Å². The summed E-state index contributed by atoms with van der Waals surface area (Å²) in [6, 6.07) is 3.24. The third kappa shape index (κ3) is 2.71. The molecule has 0 bridgehead atoms. The summed E-state index contributed by atoms with van der Waals surface area (Å²) in [7, 11) is -3.84. The van der Waals surface area contributed by atoms with Gasteiger partial charge in [0, 0.05) is 0 Å². The van der Waals surface area contributed by atoms with E-state index in [4.69, 9.17) is 23.2 Å². The standard InChI is InChI=1S/C10H6Cl2N4O2S3/c1-4-9(19-10(12)13-4)21(17,18)16-7-5(11)2-3-6-8(7)15-20-14-6/h2-3,16H,1H3. The Kier molecular flexibility index (Phi) is 3.78. The van der Waals surface area contributed by atoms with E-state index in [9.17, 15) is 8.42 Å². The number of aryl methyl sites for hydroxylation is 1. The van der Waals surface area contributed by atoms with Crippen LogP contribution in [0.4, 0.5) is 5.69 Å². The van der Waals surface area contributed by atoms with Crippen LogP contribution in [0.15, 0.2) is 16.3 Å². The topological polar surface area (TPSA) is 84.8 Å². The maximum absolute atomic E-state index is 12.5. The van der Waals surface area contributed by atoms with Crippen molar-refractivity contribution >= 4 is 73.0 Å². The van der Waals surface area contributed by atoms with Crippen molar-refractivity contribution in [3.63, 3.8) is 0 Å². The van der Waals surface area contributed by atoms with Crippen molar-refractivity contribution in [1.29, 1.82) is 0 Å². The second-order valence-corrected chi connectivity index (χ2v) is 8.39. The Morgan fingerprint density at radius 3 is 2.67 bits per heavy atom. The number of hydrogen-bond donors (Lipinski definition) is 1. The number of hydrogen-bond acceptors (Lipinski definition) is 7. The predicted molar refractivity (Wildman–Crippen MR) is 85.1 cm³/mol. The van der Waals surface area contributed by atoms with Gasteiger partial charge in [0.15, 0.2) is 8.68 Å². The maximum atomic E-state index is 12.5. The molecule has 0 unspecified atom stereocenters. The number of fused-ring (bicyclic) bond motifs is 1. The van der Waals surface area contributed by atoms with Gasteiger partial charge in [-0.15, -0.1) is 0 Å². The number of nitrogens with zero attached hydrogens (tertiary/aromatic N) is 3. The summed E-state index contributed by atoms with van der Waals surface area (Å²) in [6.07, 6.45) is 0. The molecule has 0 aliphatic carbocycles. The van der Waals surface area contributed by atoms with Gasteiger partial charge in [-0.25, -0.2) is 13.4 Å². The summed E-state index contributed by atoms with van der Waals surface area (Å²) >= 11 is 13.7. The smallest absolute Gasteiger partial charge is 0.273 e. The number of rotatable bonds is 3. The molecule has 0 fully saturated rings. The average molecular weight is 381 g/mol. The second-order valence-electron chi connectivity index (χ2n) is 4.00. The Balaban J connectivity index is 2.11. The van der Waals surface area contributed by atoms with Gasteiger partial charge in [-0.2, -0.15) is 8.75 Å². The van der Waals surface area contributed by atoms with Crippen molar-refractivity contribution in [1.82, 2.24) is 13.7 Å². The normalized spacial score (nSPS) is 12.0. The summed E-state index contributed by atoms with van der Waals surface area (Å²) in [4.78, 5) is 3.90. The van der Waals surface area contributed by atoms with Crippen molar-refractivity contribution in [2.24, 2.45) is 0 Å². The molecule has 1 N–H and O–H groups in total. The first-order chi connectivity index (χ1) is 9.88. The molecule has 21 heavy (non-hydrogen) atoms. The third-order valence-corrected chi connectivity index (χ3v) is 6.66. The highest BCUT2D eigenvalue weighted by atomic mass is 35.5. The lowest BCUT2D eigenvalue weighted by Gasteiger charge is -2.08. The van der Waals surface area contributed by atoms with Crippen LogP contribution in [-0.2, 0) is 10.0 Å². The summed E-state index contributed by atoms with van der Waals surface area (Å²) in [6.45, 7) is 1.57. The molecule has 1 aromatic carbocycles. The van der Waals surface area contributed by atoms with Crippen LogP contribution in [0, 0.1) is 6.92 Å². The minimum Gasteiger partial charge on any atom is -0.275 e. The van der Waals surface area contributed by atoms with Crippen LogP contribution in [0.2, 0.25) is 9.49 Å². The Bertz CT molecular complexity index is 935. The molecule has 2 heterocycles. The number of thiazole rings is 1. The maximum Gasteiger partial charge on any atom is 0.273 e. The fourth-order valence-corrected chi connectivity index (χ4v) is 5.33.